The van der Waals surface area contributed by atoms with Crippen molar-refractivity contribution in [2.45, 2.75) is 19.4 Å². The molecule has 0 aromatic heterocycles. The van der Waals surface area contributed by atoms with Gasteiger partial charge in [-0.15, -0.1) is 0 Å². The number of hydrazine groups is 1. The van der Waals surface area contributed by atoms with Crippen molar-refractivity contribution < 1.29 is 0 Å². The summed E-state index contributed by atoms with van der Waals surface area (Å²) in [5, 5.41) is 1.83. The summed E-state index contributed by atoms with van der Waals surface area (Å²) < 4.78 is 0. The molecule has 5 heteroatoms. The highest BCUT2D eigenvalue weighted by Crippen LogP contribution is 2.31. The fraction of sp³-hybridized carbons (Fsp3) is 0.200. The molecule has 3 N–H and O–H groups in total. The molecule has 2 aromatic carbocycles. The van der Waals surface area contributed by atoms with Crippen LogP contribution in [0.15, 0.2) is 36.4 Å². The smallest absolute Gasteiger partial charge is 0.0624 e. The summed E-state index contributed by atoms with van der Waals surface area (Å²) in [6.45, 7) is 1.97. The first kappa shape index (κ1) is 15.6. The lowest BCUT2D eigenvalue weighted by molar-refractivity contribution is 0.549. The maximum absolute atomic E-state index is 6.23. The van der Waals surface area contributed by atoms with Crippen molar-refractivity contribution in [3.8, 4) is 0 Å². The average Bonchev–Trinajstić information content (AvgIpc) is 2.44. The summed E-state index contributed by atoms with van der Waals surface area (Å²) in [7, 11) is 0. The van der Waals surface area contributed by atoms with Gasteiger partial charge in [0.05, 0.1) is 16.1 Å². The SMILES string of the molecule is Cc1c(Cl)cccc1C(Cc1cccc(Cl)c1Cl)NN. The minimum atomic E-state index is -0.0790. The minimum Gasteiger partial charge on any atom is -0.271 e. The fourth-order valence-electron chi connectivity index (χ4n) is 2.19. The Morgan fingerprint density at radius 2 is 1.70 bits per heavy atom. The Morgan fingerprint density at radius 1 is 1.05 bits per heavy atom. The van der Waals surface area contributed by atoms with E-state index >= 15 is 0 Å². The van der Waals surface area contributed by atoms with Crippen LogP contribution >= 0.6 is 34.8 Å². The molecule has 0 radical (unpaired) electrons. The first-order valence-corrected chi connectivity index (χ1v) is 7.32. The van der Waals surface area contributed by atoms with E-state index in [4.69, 9.17) is 40.6 Å². The molecule has 2 rings (SSSR count). The lowest BCUT2D eigenvalue weighted by Gasteiger charge is -2.20. The van der Waals surface area contributed by atoms with Crippen LogP contribution in [0.1, 0.15) is 22.7 Å². The lowest BCUT2D eigenvalue weighted by atomic mass is 9.96. The van der Waals surface area contributed by atoms with Gasteiger partial charge in [-0.1, -0.05) is 59.1 Å². The summed E-state index contributed by atoms with van der Waals surface area (Å²) in [6, 6.07) is 11.3. The van der Waals surface area contributed by atoms with Crippen molar-refractivity contribution in [2.24, 2.45) is 5.84 Å². The largest absolute Gasteiger partial charge is 0.271 e. The Kier molecular flexibility index (Phi) is 5.30. The van der Waals surface area contributed by atoms with Crippen LogP contribution in [0, 0.1) is 6.92 Å². The third kappa shape index (κ3) is 3.27. The van der Waals surface area contributed by atoms with Crippen LogP contribution in [0.25, 0.3) is 0 Å². The lowest BCUT2D eigenvalue weighted by Crippen LogP contribution is -2.30. The molecule has 2 nitrogen and oxygen atoms in total. The van der Waals surface area contributed by atoms with Gasteiger partial charge in [0, 0.05) is 5.02 Å². The molecule has 0 fully saturated rings. The second kappa shape index (κ2) is 6.79. The van der Waals surface area contributed by atoms with E-state index in [0.717, 1.165) is 21.7 Å². The van der Waals surface area contributed by atoms with E-state index in [1.165, 1.54) is 0 Å². The minimum absolute atomic E-state index is 0.0790. The Morgan fingerprint density at radius 3 is 2.40 bits per heavy atom. The van der Waals surface area contributed by atoms with E-state index in [1.807, 2.05) is 37.3 Å². The van der Waals surface area contributed by atoms with Gasteiger partial charge < -0.3 is 0 Å². The van der Waals surface area contributed by atoms with E-state index in [2.05, 4.69) is 5.43 Å². The van der Waals surface area contributed by atoms with Gasteiger partial charge in [0.25, 0.3) is 0 Å². The Balaban J connectivity index is 2.34. The van der Waals surface area contributed by atoms with Crippen LogP contribution in [0.4, 0.5) is 0 Å². The maximum Gasteiger partial charge on any atom is 0.0624 e. The highest BCUT2D eigenvalue weighted by atomic mass is 35.5. The van der Waals surface area contributed by atoms with Crippen molar-refractivity contribution >= 4 is 34.8 Å². The molecule has 1 atom stereocenters. The maximum atomic E-state index is 6.23. The van der Waals surface area contributed by atoms with Gasteiger partial charge in [-0.05, 0) is 42.2 Å². The molecule has 0 aliphatic rings. The molecule has 2 aromatic rings. The molecule has 0 saturated carbocycles. The second-order valence-electron chi connectivity index (χ2n) is 4.59. The van der Waals surface area contributed by atoms with E-state index in [0.29, 0.717) is 16.5 Å². The molecular formula is C15H15Cl3N2. The zero-order valence-electron chi connectivity index (χ0n) is 11.0. The molecule has 20 heavy (non-hydrogen) atoms. The molecule has 0 bridgehead atoms. The van der Waals surface area contributed by atoms with Crippen molar-refractivity contribution in [1.29, 1.82) is 0 Å². The molecule has 0 heterocycles. The number of hydrogen-bond donors (Lipinski definition) is 2. The van der Waals surface area contributed by atoms with E-state index in [-0.39, 0.29) is 6.04 Å². The van der Waals surface area contributed by atoms with Gasteiger partial charge in [0.2, 0.25) is 0 Å². The Bertz CT molecular complexity index is 614. The molecule has 0 amide bonds. The highest BCUT2D eigenvalue weighted by Gasteiger charge is 2.16. The molecule has 0 saturated heterocycles. The van der Waals surface area contributed by atoms with E-state index in [1.54, 1.807) is 6.07 Å². The quantitative estimate of drug-likeness (QED) is 0.630. The normalized spacial score (nSPS) is 12.4. The standard InChI is InChI=1S/C15H15Cl3N2/c1-9-11(5-3-6-12(9)16)14(20-19)8-10-4-2-7-13(17)15(10)18/h2-7,14,20H,8,19H2,1H3. The number of benzene rings is 2. The van der Waals surface area contributed by atoms with Crippen LogP contribution in [-0.4, -0.2) is 0 Å². The zero-order chi connectivity index (χ0) is 14.7. The van der Waals surface area contributed by atoms with Gasteiger partial charge in [-0.3, -0.25) is 11.3 Å². The Labute approximate surface area is 133 Å². The number of hydrogen-bond acceptors (Lipinski definition) is 2. The third-order valence-electron chi connectivity index (χ3n) is 3.34. The van der Waals surface area contributed by atoms with Gasteiger partial charge >= 0.3 is 0 Å². The van der Waals surface area contributed by atoms with Crippen molar-refractivity contribution in [2.75, 3.05) is 0 Å². The molecule has 1 unspecified atom stereocenters. The first-order chi connectivity index (χ1) is 9.54. The topological polar surface area (TPSA) is 38.0 Å². The molecule has 106 valence electrons. The summed E-state index contributed by atoms with van der Waals surface area (Å²) in [5.41, 5.74) is 5.83. The monoisotopic (exact) mass is 328 g/mol. The number of halogens is 3. The summed E-state index contributed by atoms with van der Waals surface area (Å²) in [6.07, 6.45) is 0.636. The number of nitrogens with two attached hydrogens (primary N) is 1. The predicted molar refractivity (Wildman–Crippen MR) is 86.4 cm³/mol. The third-order valence-corrected chi connectivity index (χ3v) is 4.61. The Hall–Kier alpha value is -0.770. The summed E-state index contributed by atoms with van der Waals surface area (Å²) in [4.78, 5) is 0. The molecule has 0 spiro atoms. The van der Waals surface area contributed by atoms with Crippen LogP contribution < -0.4 is 11.3 Å². The highest BCUT2D eigenvalue weighted by molar-refractivity contribution is 6.42. The number of rotatable bonds is 4. The second-order valence-corrected chi connectivity index (χ2v) is 5.78. The van der Waals surface area contributed by atoms with E-state index < -0.39 is 0 Å². The molecule has 0 aliphatic carbocycles. The van der Waals surface area contributed by atoms with E-state index in [9.17, 15) is 0 Å². The summed E-state index contributed by atoms with van der Waals surface area (Å²) >= 11 is 18.4. The number of nitrogens with one attached hydrogen (secondary N) is 1. The van der Waals surface area contributed by atoms with Crippen LogP contribution in [0.2, 0.25) is 15.1 Å². The van der Waals surface area contributed by atoms with Gasteiger partial charge in [0.15, 0.2) is 0 Å². The van der Waals surface area contributed by atoms with Crippen LogP contribution in [0.5, 0.6) is 0 Å². The predicted octanol–water partition coefficient (Wildman–Crippen LogP) is 4.70. The van der Waals surface area contributed by atoms with Crippen LogP contribution in [0.3, 0.4) is 0 Å². The van der Waals surface area contributed by atoms with Gasteiger partial charge in [0.1, 0.15) is 0 Å². The molecular weight excluding hydrogens is 315 g/mol. The first-order valence-electron chi connectivity index (χ1n) is 6.18. The van der Waals surface area contributed by atoms with Crippen molar-refractivity contribution in [3.63, 3.8) is 0 Å². The fourth-order valence-corrected chi connectivity index (χ4v) is 2.77. The van der Waals surface area contributed by atoms with Crippen molar-refractivity contribution in [3.05, 3.63) is 68.2 Å². The van der Waals surface area contributed by atoms with Gasteiger partial charge in [-0.2, -0.15) is 0 Å². The molecule has 0 aliphatic heterocycles. The average molecular weight is 330 g/mol. The zero-order valence-corrected chi connectivity index (χ0v) is 13.2. The van der Waals surface area contributed by atoms with Crippen LogP contribution in [-0.2, 0) is 6.42 Å². The van der Waals surface area contributed by atoms with Crippen molar-refractivity contribution in [1.82, 2.24) is 5.43 Å². The summed E-state index contributed by atoms with van der Waals surface area (Å²) in [5.74, 6) is 5.69. The van der Waals surface area contributed by atoms with Gasteiger partial charge in [-0.25, -0.2) is 0 Å².